The minimum atomic E-state index is -0.213. The van der Waals surface area contributed by atoms with E-state index in [1.165, 1.54) is 6.92 Å². The zero-order chi connectivity index (χ0) is 18.1. The van der Waals surface area contributed by atoms with E-state index < -0.39 is 0 Å². The maximum Gasteiger partial charge on any atom is 0.250 e. The summed E-state index contributed by atoms with van der Waals surface area (Å²) in [4.78, 5) is 15.8. The molecule has 0 aliphatic carbocycles. The van der Waals surface area contributed by atoms with Crippen molar-refractivity contribution >= 4 is 35.1 Å². The van der Waals surface area contributed by atoms with Gasteiger partial charge in [0.15, 0.2) is 0 Å². The van der Waals surface area contributed by atoms with Crippen LogP contribution in [0.15, 0.2) is 60.7 Å². The molecule has 0 radical (unpaired) electrons. The van der Waals surface area contributed by atoms with Gasteiger partial charge in [0.2, 0.25) is 11.9 Å². The highest BCUT2D eigenvalue weighted by atomic mass is 35.5. The van der Waals surface area contributed by atoms with Gasteiger partial charge < -0.3 is 5.32 Å². The van der Waals surface area contributed by atoms with Crippen molar-refractivity contribution in [1.82, 2.24) is 14.8 Å². The predicted octanol–water partition coefficient (Wildman–Crippen LogP) is 3.95. The molecule has 1 unspecified atom stereocenters. The maximum atomic E-state index is 11.3. The highest BCUT2D eigenvalue weighted by Crippen LogP contribution is 2.33. The number of hydrogen-bond donors (Lipinski definition) is 2. The first-order valence-corrected chi connectivity index (χ1v) is 8.52. The van der Waals surface area contributed by atoms with Crippen molar-refractivity contribution in [3.05, 3.63) is 76.8 Å². The Bertz CT molecular complexity index is 979. The Morgan fingerprint density at radius 1 is 1.15 bits per heavy atom. The number of nitrogens with zero attached hydrogens (tertiary/aromatic N) is 3. The van der Waals surface area contributed by atoms with Gasteiger partial charge in [-0.1, -0.05) is 54.1 Å². The van der Waals surface area contributed by atoms with E-state index in [0.717, 1.165) is 16.8 Å². The number of anilines is 2. The molecule has 2 N–H and O–H groups in total. The maximum absolute atomic E-state index is 11.3. The summed E-state index contributed by atoms with van der Waals surface area (Å²) in [5.74, 6) is 0.622. The Hall–Kier alpha value is -3.12. The van der Waals surface area contributed by atoms with Crippen LogP contribution in [-0.4, -0.2) is 20.7 Å². The summed E-state index contributed by atoms with van der Waals surface area (Å²) in [6.07, 6.45) is 2.08. The fraction of sp³-hybridized carbons (Fsp3) is 0.105. The van der Waals surface area contributed by atoms with E-state index >= 15 is 0 Å². The summed E-state index contributed by atoms with van der Waals surface area (Å²) in [7, 11) is 0. The molecule has 1 amide bonds. The van der Waals surface area contributed by atoms with Gasteiger partial charge >= 0.3 is 0 Å². The fourth-order valence-electron chi connectivity index (χ4n) is 2.89. The molecule has 0 saturated heterocycles. The highest BCUT2D eigenvalue weighted by molar-refractivity contribution is 6.30. The first-order valence-electron chi connectivity index (χ1n) is 8.14. The Balaban J connectivity index is 1.79. The number of hydrogen-bond acceptors (Lipinski definition) is 4. The molecule has 26 heavy (non-hydrogen) atoms. The zero-order valence-corrected chi connectivity index (χ0v) is 14.7. The summed E-state index contributed by atoms with van der Waals surface area (Å²) in [6, 6.07) is 17.5. The summed E-state index contributed by atoms with van der Waals surface area (Å²) >= 11 is 6.00. The van der Waals surface area contributed by atoms with Gasteiger partial charge in [0.25, 0.3) is 5.95 Å². The second-order valence-corrected chi connectivity index (χ2v) is 6.39. The standard InChI is InChI=1S/C19H16ClN5O/c1-12(26)21-18-23-19-22-16(13-7-9-15(20)10-8-13)11-17(25(19)24-18)14-5-3-2-4-6-14/h2-11,17H,1H3,(H2,21,22,23,24,26). The molecular formula is C19H16ClN5O. The minimum absolute atomic E-state index is 0.145. The Labute approximate surface area is 155 Å². The second-order valence-electron chi connectivity index (χ2n) is 5.95. The van der Waals surface area contributed by atoms with Gasteiger partial charge in [0.05, 0.1) is 0 Å². The van der Waals surface area contributed by atoms with E-state index in [1.807, 2.05) is 54.6 Å². The number of allylic oxidation sites excluding steroid dienone is 1. The van der Waals surface area contributed by atoms with Crippen LogP contribution in [0.1, 0.15) is 24.1 Å². The van der Waals surface area contributed by atoms with Crippen molar-refractivity contribution in [2.45, 2.75) is 13.0 Å². The number of benzene rings is 2. The third-order valence-corrected chi connectivity index (χ3v) is 4.30. The van der Waals surface area contributed by atoms with Crippen molar-refractivity contribution < 1.29 is 4.79 Å². The van der Waals surface area contributed by atoms with Gasteiger partial charge in [-0.3, -0.25) is 10.1 Å². The van der Waals surface area contributed by atoms with E-state index in [4.69, 9.17) is 11.6 Å². The van der Waals surface area contributed by atoms with E-state index in [1.54, 1.807) is 4.68 Å². The topological polar surface area (TPSA) is 71.8 Å². The molecule has 0 saturated carbocycles. The molecule has 2 heterocycles. The molecule has 2 aromatic carbocycles. The van der Waals surface area contributed by atoms with Gasteiger partial charge in [-0.25, -0.2) is 4.68 Å². The first kappa shape index (κ1) is 16.4. The number of carbonyl (C=O) groups is 1. The van der Waals surface area contributed by atoms with Crippen LogP contribution < -0.4 is 10.6 Å². The third-order valence-electron chi connectivity index (χ3n) is 4.05. The molecule has 1 aliphatic rings. The van der Waals surface area contributed by atoms with Crippen molar-refractivity contribution in [2.75, 3.05) is 10.6 Å². The SMILES string of the molecule is CC(=O)Nc1nc2n(n1)C(c1ccccc1)C=C(c1ccc(Cl)cc1)N2. The average Bonchev–Trinajstić information content (AvgIpc) is 3.03. The number of nitrogens with one attached hydrogen (secondary N) is 2. The number of amides is 1. The average molecular weight is 366 g/mol. The highest BCUT2D eigenvalue weighted by Gasteiger charge is 2.25. The van der Waals surface area contributed by atoms with Crippen LogP contribution in [0.25, 0.3) is 5.70 Å². The lowest BCUT2D eigenvalue weighted by Gasteiger charge is -2.24. The molecule has 7 heteroatoms. The van der Waals surface area contributed by atoms with Gasteiger partial charge in [-0.05, 0) is 29.3 Å². The van der Waals surface area contributed by atoms with Crippen molar-refractivity contribution in [1.29, 1.82) is 0 Å². The number of carbonyl (C=O) groups excluding carboxylic acids is 1. The number of aromatic nitrogens is 3. The summed E-state index contributed by atoms with van der Waals surface area (Å²) < 4.78 is 1.76. The lowest BCUT2D eigenvalue weighted by atomic mass is 10.0. The molecule has 0 spiro atoms. The van der Waals surface area contributed by atoms with Crippen LogP contribution in [0.3, 0.4) is 0 Å². The van der Waals surface area contributed by atoms with E-state index in [9.17, 15) is 4.79 Å². The lowest BCUT2D eigenvalue weighted by Crippen LogP contribution is -2.20. The van der Waals surface area contributed by atoms with Crippen molar-refractivity contribution in [3.8, 4) is 0 Å². The Morgan fingerprint density at radius 2 is 1.88 bits per heavy atom. The minimum Gasteiger partial charge on any atom is -0.324 e. The summed E-state index contributed by atoms with van der Waals surface area (Å²) in [5, 5.41) is 11.0. The van der Waals surface area contributed by atoms with Crippen LogP contribution in [0.5, 0.6) is 0 Å². The molecule has 4 rings (SSSR count). The lowest BCUT2D eigenvalue weighted by molar-refractivity contribution is -0.114. The third kappa shape index (κ3) is 3.19. The van der Waals surface area contributed by atoms with Crippen LogP contribution >= 0.6 is 11.6 Å². The van der Waals surface area contributed by atoms with E-state index in [2.05, 4.69) is 26.8 Å². The molecule has 130 valence electrons. The molecule has 0 fully saturated rings. The zero-order valence-electron chi connectivity index (χ0n) is 14.0. The van der Waals surface area contributed by atoms with Crippen LogP contribution in [0.2, 0.25) is 5.02 Å². The van der Waals surface area contributed by atoms with Crippen LogP contribution in [0.4, 0.5) is 11.9 Å². The van der Waals surface area contributed by atoms with Gasteiger partial charge in [0, 0.05) is 17.6 Å². The normalized spacial score (nSPS) is 15.6. The molecule has 6 nitrogen and oxygen atoms in total. The van der Waals surface area contributed by atoms with E-state index in [-0.39, 0.29) is 17.9 Å². The summed E-state index contributed by atoms with van der Waals surface area (Å²) in [6.45, 7) is 1.43. The Morgan fingerprint density at radius 3 is 2.58 bits per heavy atom. The predicted molar refractivity (Wildman–Crippen MR) is 102 cm³/mol. The number of rotatable bonds is 3. The largest absolute Gasteiger partial charge is 0.324 e. The second kappa shape index (κ2) is 6.65. The molecule has 1 aliphatic heterocycles. The smallest absolute Gasteiger partial charge is 0.250 e. The number of fused-ring (bicyclic) bond motifs is 1. The van der Waals surface area contributed by atoms with Gasteiger partial charge in [-0.15, -0.1) is 5.10 Å². The molecular weight excluding hydrogens is 350 g/mol. The van der Waals surface area contributed by atoms with Gasteiger partial charge in [0.1, 0.15) is 6.04 Å². The monoisotopic (exact) mass is 365 g/mol. The van der Waals surface area contributed by atoms with Crippen molar-refractivity contribution in [3.63, 3.8) is 0 Å². The Kier molecular flexibility index (Phi) is 4.18. The van der Waals surface area contributed by atoms with E-state index in [0.29, 0.717) is 11.0 Å². The number of halogens is 1. The molecule has 1 atom stereocenters. The van der Waals surface area contributed by atoms with Crippen LogP contribution in [-0.2, 0) is 4.79 Å². The van der Waals surface area contributed by atoms with Crippen LogP contribution in [0, 0.1) is 0 Å². The molecule has 1 aromatic heterocycles. The first-order chi connectivity index (χ1) is 12.6. The molecule has 3 aromatic rings. The van der Waals surface area contributed by atoms with Gasteiger partial charge in [-0.2, -0.15) is 4.98 Å². The molecule has 0 bridgehead atoms. The quantitative estimate of drug-likeness (QED) is 0.737. The van der Waals surface area contributed by atoms with Crippen molar-refractivity contribution in [2.24, 2.45) is 0 Å². The summed E-state index contributed by atoms with van der Waals surface area (Å²) in [5.41, 5.74) is 2.97. The fourth-order valence-corrected chi connectivity index (χ4v) is 3.01.